The van der Waals surface area contributed by atoms with Crippen molar-refractivity contribution in [3.63, 3.8) is 0 Å². The Hall–Kier alpha value is -2.44. The summed E-state index contributed by atoms with van der Waals surface area (Å²) in [6.45, 7) is 4.12. The van der Waals surface area contributed by atoms with E-state index < -0.39 is 23.9 Å². The summed E-state index contributed by atoms with van der Waals surface area (Å²) in [6.07, 6.45) is 0. The molecule has 0 spiro atoms. The molecule has 0 aliphatic carbocycles. The summed E-state index contributed by atoms with van der Waals surface area (Å²) in [6, 6.07) is 8.27. The van der Waals surface area contributed by atoms with Crippen molar-refractivity contribution < 1.29 is 19.1 Å². The van der Waals surface area contributed by atoms with Crippen LogP contribution in [0.5, 0.6) is 0 Å². The number of rotatable bonds is 3. The largest absolute Gasteiger partial charge is 0.400 e. The fourth-order valence-electron chi connectivity index (χ4n) is 1.93. The molecule has 0 fully saturated rings. The van der Waals surface area contributed by atoms with Gasteiger partial charge in [-0.3, -0.25) is 9.59 Å². The van der Waals surface area contributed by atoms with E-state index in [1.165, 1.54) is 18.9 Å². The lowest BCUT2D eigenvalue weighted by molar-refractivity contribution is -0.227. The molecule has 106 valence electrons. The van der Waals surface area contributed by atoms with E-state index in [0.29, 0.717) is 5.69 Å². The summed E-state index contributed by atoms with van der Waals surface area (Å²) in [5.41, 5.74) is 0.600. The Kier molecular flexibility index (Phi) is 3.69. The SMILES string of the molecule is CC(=O)OC1(OC(C)=O)[C@H](C)N=NN1c1ccccc1. The fraction of sp³-hybridized carbons (Fsp3) is 0.385. The average molecular weight is 277 g/mol. The summed E-state index contributed by atoms with van der Waals surface area (Å²) in [7, 11) is 0. The second-order valence-electron chi connectivity index (χ2n) is 4.35. The van der Waals surface area contributed by atoms with E-state index in [0.717, 1.165) is 0 Å². The van der Waals surface area contributed by atoms with E-state index in [1.54, 1.807) is 31.2 Å². The molecular formula is C13H15N3O4. The molecule has 0 amide bonds. The zero-order valence-corrected chi connectivity index (χ0v) is 11.4. The van der Waals surface area contributed by atoms with E-state index in [9.17, 15) is 9.59 Å². The lowest BCUT2D eigenvalue weighted by Gasteiger charge is -2.35. The van der Waals surface area contributed by atoms with Crippen LogP contribution in [0.2, 0.25) is 0 Å². The van der Waals surface area contributed by atoms with Crippen LogP contribution in [0.15, 0.2) is 40.7 Å². The summed E-state index contributed by atoms with van der Waals surface area (Å²) in [5, 5.41) is 9.19. The third-order valence-corrected chi connectivity index (χ3v) is 2.72. The Labute approximate surface area is 116 Å². The third-order valence-electron chi connectivity index (χ3n) is 2.72. The van der Waals surface area contributed by atoms with E-state index in [1.807, 2.05) is 6.07 Å². The molecule has 0 radical (unpaired) electrons. The molecule has 1 heterocycles. The Morgan fingerprint density at radius 1 is 1.15 bits per heavy atom. The third kappa shape index (κ3) is 2.47. The van der Waals surface area contributed by atoms with Gasteiger partial charge in [0, 0.05) is 13.8 Å². The van der Waals surface area contributed by atoms with E-state index in [-0.39, 0.29) is 0 Å². The molecule has 1 atom stereocenters. The molecule has 0 unspecified atom stereocenters. The van der Waals surface area contributed by atoms with Crippen LogP contribution in [-0.2, 0) is 19.1 Å². The van der Waals surface area contributed by atoms with E-state index in [2.05, 4.69) is 10.3 Å². The zero-order chi connectivity index (χ0) is 14.8. The van der Waals surface area contributed by atoms with Crippen molar-refractivity contribution in [2.45, 2.75) is 32.7 Å². The first kappa shape index (κ1) is 14.0. The van der Waals surface area contributed by atoms with Crippen molar-refractivity contribution in [3.05, 3.63) is 30.3 Å². The van der Waals surface area contributed by atoms with Crippen LogP contribution in [0.3, 0.4) is 0 Å². The lowest BCUT2D eigenvalue weighted by atomic mass is 10.2. The highest BCUT2D eigenvalue weighted by atomic mass is 16.8. The number of carbonyl (C=O) groups is 2. The molecule has 1 aliphatic rings. The number of hydrogen-bond acceptors (Lipinski definition) is 7. The van der Waals surface area contributed by atoms with Gasteiger partial charge in [-0.1, -0.05) is 23.4 Å². The van der Waals surface area contributed by atoms with Gasteiger partial charge in [0.25, 0.3) is 0 Å². The molecule has 0 aromatic heterocycles. The zero-order valence-electron chi connectivity index (χ0n) is 11.4. The van der Waals surface area contributed by atoms with Gasteiger partial charge in [0.2, 0.25) is 0 Å². The molecule has 1 aromatic rings. The van der Waals surface area contributed by atoms with Crippen molar-refractivity contribution in [2.75, 3.05) is 5.01 Å². The standard InChI is InChI=1S/C13H15N3O4/c1-9-13(19-10(2)17,20-11(3)18)16(15-14-9)12-7-5-4-6-8-12/h4-9H,1-3H3/t9-/m0/s1. The lowest BCUT2D eigenvalue weighted by Crippen LogP contribution is -2.56. The van der Waals surface area contributed by atoms with Crippen LogP contribution < -0.4 is 5.01 Å². The molecule has 7 nitrogen and oxygen atoms in total. The smallest absolute Gasteiger partial charge is 0.388 e. The topological polar surface area (TPSA) is 80.6 Å². The minimum absolute atomic E-state index is 0.591. The molecule has 0 saturated carbocycles. The molecule has 20 heavy (non-hydrogen) atoms. The van der Waals surface area contributed by atoms with Crippen molar-refractivity contribution in [1.29, 1.82) is 0 Å². The normalized spacial score (nSPS) is 19.8. The number of esters is 2. The number of carbonyl (C=O) groups excluding carboxylic acids is 2. The van der Waals surface area contributed by atoms with Crippen LogP contribution in [0.1, 0.15) is 20.8 Å². The second-order valence-corrected chi connectivity index (χ2v) is 4.35. The first-order valence-corrected chi connectivity index (χ1v) is 6.11. The number of para-hydroxylation sites is 1. The second kappa shape index (κ2) is 5.28. The van der Waals surface area contributed by atoms with Gasteiger partial charge in [0.15, 0.2) is 6.04 Å². The molecule has 7 heteroatoms. The molecule has 0 N–H and O–H groups in total. The van der Waals surface area contributed by atoms with E-state index >= 15 is 0 Å². The van der Waals surface area contributed by atoms with Crippen LogP contribution in [0.4, 0.5) is 5.69 Å². The first-order valence-electron chi connectivity index (χ1n) is 6.11. The van der Waals surface area contributed by atoms with Gasteiger partial charge in [-0.15, -0.1) is 0 Å². The van der Waals surface area contributed by atoms with Gasteiger partial charge >= 0.3 is 17.8 Å². The van der Waals surface area contributed by atoms with Gasteiger partial charge in [-0.05, 0) is 19.1 Å². The van der Waals surface area contributed by atoms with Crippen molar-refractivity contribution in [2.24, 2.45) is 10.3 Å². The Morgan fingerprint density at radius 2 is 1.70 bits per heavy atom. The van der Waals surface area contributed by atoms with Gasteiger partial charge < -0.3 is 9.47 Å². The molecule has 2 rings (SSSR count). The number of ether oxygens (including phenoxy) is 2. The quantitative estimate of drug-likeness (QED) is 0.624. The van der Waals surface area contributed by atoms with Gasteiger partial charge in [-0.25, -0.2) is 0 Å². The van der Waals surface area contributed by atoms with Gasteiger partial charge in [0.1, 0.15) is 0 Å². The van der Waals surface area contributed by atoms with Crippen molar-refractivity contribution in [3.8, 4) is 0 Å². The molecule has 0 bridgehead atoms. The maximum Gasteiger partial charge on any atom is 0.388 e. The minimum Gasteiger partial charge on any atom is -0.400 e. The number of anilines is 1. The first-order chi connectivity index (χ1) is 9.45. The maximum absolute atomic E-state index is 11.4. The minimum atomic E-state index is -1.68. The highest BCUT2D eigenvalue weighted by Crippen LogP contribution is 2.36. The predicted octanol–water partition coefficient (Wildman–Crippen LogP) is 2.04. The highest BCUT2D eigenvalue weighted by molar-refractivity contribution is 5.70. The maximum atomic E-state index is 11.4. The average Bonchev–Trinajstić information content (AvgIpc) is 2.66. The molecule has 1 aromatic carbocycles. The number of nitrogens with zero attached hydrogens (tertiary/aromatic N) is 3. The fourth-order valence-corrected chi connectivity index (χ4v) is 1.93. The summed E-state index contributed by atoms with van der Waals surface area (Å²) in [4.78, 5) is 22.8. The Balaban J connectivity index is 2.44. The summed E-state index contributed by atoms with van der Waals surface area (Å²) < 4.78 is 10.5. The van der Waals surface area contributed by atoms with Crippen LogP contribution in [0, 0.1) is 0 Å². The molecular weight excluding hydrogens is 262 g/mol. The van der Waals surface area contributed by atoms with Crippen molar-refractivity contribution in [1.82, 2.24) is 0 Å². The Morgan fingerprint density at radius 3 is 2.20 bits per heavy atom. The summed E-state index contributed by atoms with van der Waals surface area (Å²) in [5.74, 6) is -2.86. The number of benzene rings is 1. The highest BCUT2D eigenvalue weighted by Gasteiger charge is 2.54. The molecule has 0 saturated heterocycles. The summed E-state index contributed by atoms with van der Waals surface area (Å²) >= 11 is 0. The van der Waals surface area contributed by atoms with Gasteiger partial charge in [0.05, 0.1) is 5.69 Å². The van der Waals surface area contributed by atoms with E-state index in [4.69, 9.17) is 9.47 Å². The predicted molar refractivity (Wildman–Crippen MR) is 69.5 cm³/mol. The molecule has 1 aliphatic heterocycles. The number of hydrogen-bond donors (Lipinski definition) is 0. The van der Waals surface area contributed by atoms with Crippen LogP contribution in [0.25, 0.3) is 0 Å². The van der Waals surface area contributed by atoms with Crippen molar-refractivity contribution >= 4 is 17.6 Å². The van der Waals surface area contributed by atoms with Gasteiger partial charge in [-0.2, -0.15) is 10.1 Å². The monoisotopic (exact) mass is 277 g/mol. The van der Waals surface area contributed by atoms with Crippen LogP contribution in [-0.4, -0.2) is 23.9 Å². The van der Waals surface area contributed by atoms with Crippen LogP contribution >= 0.6 is 0 Å². The Bertz CT molecular complexity index is 528.